The number of hydrogen-bond donors (Lipinski definition) is 1. The molecule has 0 rings (SSSR count). The fraction of sp³-hybridized carbons (Fsp3) is 1.00. The van der Waals surface area contributed by atoms with Crippen LogP contribution in [0.25, 0.3) is 0 Å². The van der Waals surface area contributed by atoms with Crippen molar-refractivity contribution in [2.45, 2.75) is 26.7 Å². The summed E-state index contributed by atoms with van der Waals surface area (Å²) in [7, 11) is -4.24. The Morgan fingerprint density at radius 2 is 2.00 bits per heavy atom. The second-order valence-corrected chi connectivity index (χ2v) is 3.89. The van der Waals surface area contributed by atoms with Crippen LogP contribution >= 0.6 is 0 Å². The van der Waals surface area contributed by atoms with Crippen LogP contribution in [0.4, 0.5) is 0 Å². The predicted molar refractivity (Wildman–Crippen MR) is 41.8 cm³/mol. The fourth-order valence-electron chi connectivity index (χ4n) is 0.839. The third-order valence-electron chi connectivity index (χ3n) is 1.39. The molecular weight excluding hydrogens is 189 g/mol. The average molecular weight is 203 g/mol. The third kappa shape index (κ3) is 10.9. The molecule has 0 fully saturated rings. The van der Waals surface area contributed by atoms with Gasteiger partial charge in [0.25, 0.3) is 0 Å². The van der Waals surface area contributed by atoms with E-state index in [1.54, 1.807) is 0 Å². The van der Waals surface area contributed by atoms with Crippen LogP contribution in [-0.2, 0) is 10.3 Å². The van der Waals surface area contributed by atoms with Crippen LogP contribution in [0.5, 0.6) is 0 Å². The molecule has 0 aliphatic rings. The van der Waals surface area contributed by atoms with Crippen LogP contribution in [0.3, 0.4) is 0 Å². The summed E-state index contributed by atoms with van der Waals surface area (Å²) in [6.45, 7) is 4.17. The minimum Gasteiger partial charge on any atom is -0.735 e. The summed E-state index contributed by atoms with van der Waals surface area (Å²) >= 11 is 0. The van der Waals surface area contributed by atoms with Gasteiger partial charge in [-0.15, -0.1) is 0 Å². The molecule has 0 aliphatic heterocycles. The first-order valence-electron chi connectivity index (χ1n) is 3.66. The van der Waals surface area contributed by atoms with Gasteiger partial charge in [-0.3, -0.25) is 0 Å². The van der Waals surface area contributed by atoms with Gasteiger partial charge in [0.05, 0.1) is 0 Å². The molecule has 0 spiro atoms. The Hall–Kier alpha value is 0.870. The molecule has 1 atom stereocenters. The Morgan fingerprint density at radius 3 is 2.33 bits per heavy atom. The maximum atomic E-state index is 10.1. The number of nitrogens with one attached hydrogen (secondary N) is 1. The van der Waals surface area contributed by atoms with Crippen molar-refractivity contribution >= 4 is 10.3 Å². The number of rotatable bonds is 5. The molecular formula is C6H14NNaO3S. The molecule has 12 heavy (non-hydrogen) atoms. The first-order chi connectivity index (χ1) is 4.95. The second-order valence-electron chi connectivity index (χ2n) is 2.70. The molecule has 0 aromatic heterocycles. The van der Waals surface area contributed by atoms with E-state index in [0.717, 1.165) is 12.8 Å². The Bertz CT molecular complexity index is 193. The third-order valence-corrected chi connectivity index (χ3v) is 1.91. The quantitative estimate of drug-likeness (QED) is 0.396. The molecule has 68 valence electrons. The minimum absolute atomic E-state index is 0. The smallest absolute Gasteiger partial charge is 0.735 e. The molecule has 4 nitrogen and oxygen atoms in total. The molecule has 0 bridgehead atoms. The molecule has 6 heteroatoms. The topological polar surface area (TPSA) is 69.2 Å². The van der Waals surface area contributed by atoms with Crippen LogP contribution in [0.1, 0.15) is 26.7 Å². The predicted octanol–water partition coefficient (Wildman–Crippen LogP) is -2.52. The Labute approximate surface area is 96.3 Å². The van der Waals surface area contributed by atoms with Crippen LogP contribution < -0.4 is 34.3 Å². The van der Waals surface area contributed by atoms with Crippen molar-refractivity contribution < 1.29 is 42.5 Å². The van der Waals surface area contributed by atoms with E-state index in [4.69, 9.17) is 0 Å². The van der Waals surface area contributed by atoms with Crippen molar-refractivity contribution in [2.75, 3.05) is 6.54 Å². The van der Waals surface area contributed by atoms with Crippen LogP contribution in [0, 0.1) is 5.92 Å². The Balaban J connectivity index is 0. The zero-order valence-corrected chi connectivity index (χ0v) is 10.6. The normalized spacial score (nSPS) is 13.6. The maximum absolute atomic E-state index is 10.1. The van der Waals surface area contributed by atoms with Gasteiger partial charge in [-0.2, -0.15) is 0 Å². The Morgan fingerprint density at radius 1 is 1.50 bits per heavy atom. The van der Waals surface area contributed by atoms with Crippen LogP contribution in [0.15, 0.2) is 0 Å². The van der Waals surface area contributed by atoms with E-state index in [0.29, 0.717) is 0 Å². The van der Waals surface area contributed by atoms with Gasteiger partial charge in [0.2, 0.25) is 0 Å². The first kappa shape index (κ1) is 15.3. The summed E-state index contributed by atoms with van der Waals surface area (Å²) in [6, 6.07) is 0. The molecule has 0 heterocycles. The minimum atomic E-state index is -4.24. The maximum Gasteiger partial charge on any atom is 1.00 e. The van der Waals surface area contributed by atoms with E-state index in [2.05, 4.69) is 0 Å². The number of hydrogen-bond acceptors (Lipinski definition) is 3. The van der Waals surface area contributed by atoms with Gasteiger partial charge in [-0.25, -0.2) is 13.1 Å². The summed E-state index contributed by atoms with van der Waals surface area (Å²) in [5.41, 5.74) is 0. The first-order valence-corrected chi connectivity index (χ1v) is 5.07. The monoisotopic (exact) mass is 203 g/mol. The van der Waals surface area contributed by atoms with Gasteiger partial charge in [0.15, 0.2) is 10.3 Å². The Kier molecular flexibility index (Phi) is 9.32. The molecule has 0 aliphatic carbocycles. The summed E-state index contributed by atoms with van der Waals surface area (Å²) in [6.07, 6.45) is 1.93. The fourth-order valence-corrected chi connectivity index (χ4v) is 1.33. The van der Waals surface area contributed by atoms with Crippen molar-refractivity contribution in [3.8, 4) is 0 Å². The zero-order valence-electron chi connectivity index (χ0n) is 7.83. The van der Waals surface area contributed by atoms with E-state index in [-0.39, 0.29) is 42.0 Å². The summed E-state index contributed by atoms with van der Waals surface area (Å²) in [5.74, 6) is 0.240. The van der Waals surface area contributed by atoms with Gasteiger partial charge >= 0.3 is 29.6 Å². The van der Waals surface area contributed by atoms with Crippen molar-refractivity contribution in [3.05, 3.63) is 0 Å². The van der Waals surface area contributed by atoms with Gasteiger partial charge in [0, 0.05) is 6.54 Å². The van der Waals surface area contributed by atoms with Crippen molar-refractivity contribution in [1.29, 1.82) is 0 Å². The van der Waals surface area contributed by atoms with Crippen LogP contribution in [0.2, 0.25) is 0 Å². The van der Waals surface area contributed by atoms with Crippen molar-refractivity contribution in [2.24, 2.45) is 5.92 Å². The van der Waals surface area contributed by atoms with E-state index in [9.17, 15) is 13.0 Å². The summed E-state index contributed by atoms with van der Waals surface area (Å²) in [4.78, 5) is 0. The van der Waals surface area contributed by atoms with E-state index in [1.165, 1.54) is 0 Å². The SMILES string of the molecule is CCCC(C)CNS(=O)(=O)[O-].[Na+]. The van der Waals surface area contributed by atoms with Crippen molar-refractivity contribution in [1.82, 2.24) is 4.72 Å². The van der Waals surface area contributed by atoms with Gasteiger partial charge in [-0.1, -0.05) is 20.3 Å². The largest absolute Gasteiger partial charge is 1.00 e. The van der Waals surface area contributed by atoms with E-state index >= 15 is 0 Å². The molecule has 0 radical (unpaired) electrons. The molecule has 0 amide bonds. The summed E-state index contributed by atoms with van der Waals surface area (Å²) < 4.78 is 32.1. The second kappa shape index (κ2) is 7.29. The average Bonchev–Trinajstić information content (AvgIpc) is 1.83. The van der Waals surface area contributed by atoms with Gasteiger partial charge < -0.3 is 4.55 Å². The van der Waals surface area contributed by atoms with E-state index in [1.807, 2.05) is 18.6 Å². The molecule has 0 saturated heterocycles. The van der Waals surface area contributed by atoms with E-state index < -0.39 is 10.3 Å². The zero-order chi connectivity index (χ0) is 8.91. The molecule has 0 saturated carbocycles. The molecule has 1 N–H and O–H groups in total. The summed E-state index contributed by atoms with van der Waals surface area (Å²) in [5, 5.41) is 0. The molecule has 1 unspecified atom stereocenters. The molecule has 0 aromatic rings. The van der Waals surface area contributed by atoms with Gasteiger partial charge in [0.1, 0.15) is 0 Å². The molecule has 0 aromatic carbocycles. The standard InChI is InChI=1S/C6H15NO3S.Na/c1-3-4-6(2)5-7-11(8,9)10;/h6-7H,3-5H2,1-2H3,(H,8,9,10);/q;+1/p-1. The van der Waals surface area contributed by atoms with Crippen LogP contribution in [-0.4, -0.2) is 19.5 Å². The van der Waals surface area contributed by atoms with Crippen molar-refractivity contribution in [3.63, 3.8) is 0 Å². The van der Waals surface area contributed by atoms with Gasteiger partial charge in [-0.05, 0) is 12.3 Å².